The van der Waals surface area contributed by atoms with E-state index in [1.165, 1.54) is 11.1 Å². The zero-order valence-electron chi connectivity index (χ0n) is 13.0. The first-order valence-corrected chi connectivity index (χ1v) is 8.01. The number of amides is 1. The molecule has 120 valence electrons. The van der Waals surface area contributed by atoms with Gasteiger partial charge in [0.1, 0.15) is 0 Å². The van der Waals surface area contributed by atoms with Gasteiger partial charge in [0, 0.05) is 31.3 Å². The molecule has 2 aliphatic carbocycles. The molecule has 1 N–H and O–H groups in total. The van der Waals surface area contributed by atoms with Crippen molar-refractivity contribution in [3.05, 3.63) is 41.1 Å². The van der Waals surface area contributed by atoms with Crippen molar-refractivity contribution >= 4 is 28.8 Å². The van der Waals surface area contributed by atoms with Gasteiger partial charge in [0.25, 0.3) is 5.91 Å². The first-order valence-electron chi connectivity index (χ1n) is 8.01. The SMILES string of the molecule is O=C(Nc1cccnc1N1CCOCC1)C1=NN=C2C1=CC1=C2C1. The van der Waals surface area contributed by atoms with Gasteiger partial charge in [-0.05, 0) is 29.4 Å². The number of nitrogens with one attached hydrogen (secondary N) is 1. The number of hydrogen-bond donors (Lipinski definition) is 1. The van der Waals surface area contributed by atoms with E-state index in [4.69, 9.17) is 4.74 Å². The molecule has 3 heterocycles. The van der Waals surface area contributed by atoms with Crippen LogP contribution in [0.4, 0.5) is 11.5 Å². The number of anilines is 2. The van der Waals surface area contributed by atoms with Gasteiger partial charge >= 0.3 is 0 Å². The monoisotopic (exact) mass is 321 g/mol. The zero-order valence-corrected chi connectivity index (χ0v) is 13.0. The molecule has 2 aliphatic heterocycles. The van der Waals surface area contributed by atoms with E-state index in [0.717, 1.165) is 36.6 Å². The smallest absolute Gasteiger partial charge is 0.276 e. The van der Waals surface area contributed by atoms with E-state index in [0.29, 0.717) is 24.6 Å². The van der Waals surface area contributed by atoms with E-state index in [1.54, 1.807) is 6.20 Å². The lowest BCUT2D eigenvalue weighted by Gasteiger charge is -2.29. The van der Waals surface area contributed by atoms with Gasteiger partial charge in [0.05, 0.1) is 24.6 Å². The van der Waals surface area contributed by atoms with Crippen molar-refractivity contribution in [2.24, 2.45) is 10.2 Å². The van der Waals surface area contributed by atoms with Crippen molar-refractivity contribution in [1.82, 2.24) is 4.98 Å². The fourth-order valence-electron chi connectivity index (χ4n) is 3.24. The van der Waals surface area contributed by atoms with E-state index < -0.39 is 0 Å². The Morgan fingerprint density at radius 2 is 2.12 bits per heavy atom. The molecule has 0 bridgehead atoms. The van der Waals surface area contributed by atoms with Crippen LogP contribution in [0.2, 0.25) is 0 Å². The number of fused-ring (bicyclic) bond motifs is 2. The molecule has 4 aliphatic rings. The number of carbonyl (C=O) groups is 1. The summed E-state index contributed by atoms with van der Waals surface area (Å²) in [5.74, 6) is 0.519. The maximum absolute atomic E-state index is 12.7. The van der Waals surface area contributed by atoms with Crippen molar-refractivity contribution < 1.29 is 9.53 Å². The number of aromatic nitrogens is 1. The number of morpholine rings is 1. The van der Waals surface area contributed by atoms with Crippen LogP contribution in [-0.4, -0.2) is 48.6 Å². The van der Waals surface area contributed by atoms with E-state index >= 15 is 0 Å². The lowest BCUT2D eigenvalue weighted by molar-refractivity contribution is -0.110. The number of nitrogens with zero attached hydrogens (tertiary/aromatic N) is 4. The minimum atomic E-state index is -0.245. The quantitative estimate of drug-likeness (QED) is 0.910. The van der Waals surface area contributed by atoms with Gasteiger partial charge in [-0.1, -0.05) is 0 Å². The Bertz CT molecular complexity index is 875. The Balaban J connectivity index is 1.37. The largest absolute Gasteiger partial charge is 0.378 e. The molecule has 1 aromatic heterocycles. The summed E-state index contributed by atoms with van der Waals surface area (Å²) in [7, 11) is 0. The Hall–Kier alpha value is -2.80. The second-order valence-corrected chi connectivity index (χ2v) is 6.06. The fraction of sp³-hybridized carbons (Fsp3) is 0.294. The number of carbonyl (C=O) groups excluding carboxylic acids is 1. The molecule has 7 nitrogen and oxygen atoms in total. The third-order valence-corrected chi connectivity index (χ3v) is 4.56. The third kappa shape index (κ3) is 2.09. The lowest BCUT2D eigenvalue weighted by atomic mass is 10.0. The highest BCUT2D eigenvalue weighted by Gasteiger charge is 2.40. The molecular weight excluding hydrogens is 306 g/mol. The average Bonchev–Trinajstić information content (AvgIpc) is 3.10. The van der Waals surface area contributed by atoms with E-state index in [1.807, 2.05) is 18.2 Å². The molecule has 7 heteroatoms. The van der Waals surface area contributed by atoms with Crippen LogP contribution >= 0.6 is 0 Å². The normalized spacial score (nSPS) is 21.0. The lowest BCUT2D eigenvalue weighted by Crippen LogP contribution is -2.37. The predicted molar refractivity (Wildman–Crippen MR) is 90.5 cm³/mol. The first kappa shape index (κ1) is 13.6. The van der Waals surface area contributed by atoms with E-state index in [-0.39, 0.29) is 5.91 Å². The van der Waals surface area contributed by atoms with Crippen LogP contribution in [0.5, 0.6) is 0 Å². The van der Waals surface area contributed by atoms with Gasteiger partial charge in [-0.3, -0.25) is 4.79 Å². The molecule has 0 aromatic carbocycles. The highest BCUT2D eigenvalue weighted by molar-refractivity contribution is 6.58. The van der Waals surface area contributed by atoms with Crippen LogP contribution in [0, 0.1) is 0 Å². The van der Waals surface area contributed by atoms with E-state index in [9.17, 15) is 4.79 Å². The number of hydrogen-bond acceptors (Lipinski definition) is 6. The summed E-state index contributed by atoms with van der Waals surface area (Å²) in [4.78, 5) is 19.2. The summed E-state index contributed by atoms with van der Waals surface area (Å²) in [5.41, 5.74) is 5.29. The van der Waals surface area contributed by atoms with Crippen LogP contribution in [0.25, 0.3) is 0 Å². The molecule has 0 unspecified atom stereocenters. The summed E-state index contributed by atoms with van der Waals surface area (Å²) in [6.07, 6.45) is 4.73. The standard InChI is InChI=1S/C17H15N5O2/c23-17(15-12-9-10-8-11(10)14(12)20-21-15)19-13-2-1-3-18-16(13)22-4-6-24-7-5-22/h1-3,9H,4-8H2,(H,19,23). The number of allylic oxidation sites excluding steroid dienone is 3. The Labute approximate surface area is 138 Å². The first-order chi connectivity index (χ1) is 11.8. The minimum absolute atomic E-state index is 0.245. The third-order valence-electron chi connectivity index (χ3n) is 4.56. The number of pyridine rings is 1. The Kier molecular flexibility index (Phi) is 2.90. The van der Waals surface area contributed by atoms with Crippen LogP contribution in [0.1, 0.15) is 6.42 Å². The molecular formula is C17H15N5O2. The molecule has 5 rings (SSSR count). The Morgan fingerprint density at radius 3 is 3.00 bits per heavy atom. The van der Waals surface area contributed by atoms with Crippen molar-refractivity contribution in [2.75, 3.05) is 36.5 Å². The van der Waals surface area contributed by atoms with Crippen LogP contribution in [0.15, 0.2) is 51.3 Å². The molecule has 1 amide bonds. The topological polar surface area (TPSA) is 79.2 Å². The Morgan fingerprint density at radius 1 is 1.25 bits per heavy atom. The van der Waals surface area contributed by atoms with Crippen molar-refractivity contribution in [1.29, 1.82) is 0 Å². The maximum atomic E-state index is 12.7. The van der Waals surface area contributed by atoms with Crippen molar-refractivity contribution in [3.8, 4) is 0 Å². The summed E-state index contributed by atoms with van der Waals surface area (Å²) >= 11 is 0. The average molecular weight is 321 g/mol. The van der Waals surface area contributed by atoms with Gasteiger partial charge < -0.3 is 15.0 Å². The molecule has 0 radical (unpaired) electrons. The summed E-state index contributed by atoms with van der Waals surface area (Å²) in [5, 5.41) is 11.2. The van der Waals surface area contributed by atoms with Crippen molar-refractivity contribution in [2.45, 2.75) is 6.42 Å². The minimum Gasteiger partial charge on any atom is -0.378 e. The van der Waals surface area contributed by atoms with Crippen LogP contribution in [0.3, 0.4) is 0 Å². The highest BCUT2D eigenvalue weighted by Crippen LogP contribution is 2.44. The summed E-state index contributed by atoms with van der Waals surface area (Å²) in [6.45, 7) is 2.85. The molecule has 1 aromatic rings. The van der Waals surface area contributed by atoms with Gasteiger partial charge in [-0.2, -0.15) is 0 Å². The second kappa shape index (κ2) is 5.10. The maximum Gasteiger partial charge on any atom is 0.276 e. The molecule has 0 atom stereocenters. The zero-order chi connectivity index (χ0) is 16.1. The van der Waals surface area contributed by atoms with Gasteiger partial charge in [-0.25, -0.2) is 4.98 Å². The van der Waals surface area contributed by atoms with Crippen LogP contribution < -0.4 is 10.2 Å². The summed E-state index contributed by atoms with van der Waals surface area (Å²) < 4.78 is 5.38. The molecule has 24 heavy (non-hydrogen) atoms. The summed E-state index contributed by atoms with van der Waals surface area (Å²) in [6, 6.07) is 3.67. The van der Waals surface area contributed by atoms with Gasteiger partial charge in [-0.15, -0.1) is 10.2 Å². The molecule has 0 saturated carbocycles. The fourth-order valence-corrected chi connectivity index (χ4v) is 3.24. The molecule has 1 fully saturated rings. The van der Waals surface area contributed by atoms with E-state index in [2.05, 4.69) is 25.4 Å². The number of rotatable bonds is 3. The molecule has 1 saturated heterocycles. The van der Waals surface area contributed by atoms with Gasteiger partial charge in [0.15, 0.2) is 11.5 Å². The molecule has 0 spiro atoms. The van der Waals surface area contributed by atoms with Crippen LogP contribution in [-0.2, 0) is 9.53 Å². The predicted octanol–water partition coefficient (Wildman–Crippen LogP) is 1.31. The number of ether oxygens (including phenoxy) is 1. The second-order valence-electron chi connectivity index (χ2n) is 6.06. The highest BCUT2D eigenvalue weighted by atomic mass is 16.5. The van der Waals surface area contributed by atoms with Gasteiger partial charge in [0.2, 0.25) is 0 Å². The van der Waals surface area contributed by atoms with Crippen molar-refractivity contribution in [3.63, 3.8) is 0 Å².